The van der Waals surface area contributed by atoms with Crippen molar-refractivity contribution in [1.82, 2.24) is 24.6 Å². The lowest BCUT2D eigenvalue weighted by Gasteiger charge is -2.32. The van der Waals surface area contributed by atoms with Crippen LogP contribution in [0.2, 0.25) is 0 Å². The molecule has 2 aromatic heterocycles. The Morgan fingerprint density at radius 3 is 2.96 bits per heavy atom. The first-order valence-electron chi connectivity index (χ1n) is 7.90. The van der Waals surface area contributed by atoms with Crippen LogP contribution in [0.3, 0.4) is 0 Å². The fraction of sp³-hybridized carbons (Fsp3) is 0.562. The van der Waals surface area contributed by atoms with Crippen molar-refractivity contribution < 1.29 is 4.79 Å². The van der Waals surface area contributed by atoms with Crippen molar-refractivity contribution >= 4 is 17.2 Å². The van der Waals surface area contributed by atoms with Gasteiger partial charge in [0.1, 0.15) is 11.6 Å². The first-order chi connectivity index (χ1) is 11.1. The third kappa shape index (κ3) is 3.45. The fourth-order valence-electron chi connectivity index (χ4n) is 3.09. The standard InChI is InChI=1S/C16H23N5OS/c1-19(2)10-14-17-18-15(20(14)3)12-5-4-7-21(9-12)16(22)13-6-8-23-11-13/h6,8,11-12H,4-5,7,9-10H2,1-3H3/t12-/m0/s1. The van der Waals surface area contributed by atoms with Crippen molar-refractivity contribution in [3.05, 3.63) is 34.0 Å². The number of piperidine rings is 1. The number of hydrogen-bond acceptors (Lipinski definition) is 5. The molecule has 1 aliphatic heterocycles. The summed E-state index contributed by atoms with van der Waals surface area (Å²) in [5.74, 6) is 2.35. The maximum Gasteiger partial charge on any atom is 0.254 e. The van der Waals surface area contributed by atoms with Crippen molar-refractivity contribution in [1.29, 1.82) is 0 Å². The molecule has 0 saturated carbocycles. The highest BCUT2D eigenvalue weighted by Crippen LogP contribution is 2.27. The molecule has 0 spiro atoms. The Balaban J connectivity index is 1.74. The van der Waals surface area contributed by atoms with E-state index in [1.165, 1.54) is 0 Å². The van der Waals surface area contributed by atoms with Gasteiger partial charge in [-0.2, -0.15) is 11.3 Å². The number of carbonyl (C=O) groups excluding carboxylic acids is 1. The van der Waals surface area contributed by atoms with Crippen LogP contribution in [0.1, 0.15) is 40.8 Å². The summed E-state index contributed by atoms with van der Waals surface area (Å²) in [6, 6.07) is 1.90. The Hall–Kier alpha value is -1.73. The van der Waals surface area contributed by atoms with Gasteiger partial charge in [0.15, 0.2) is 0 Å². The molecule has 124 valence electrons. The second kappa shape index (κ2) is 6.80. The largest absolute Gasteiger partial charge is 0.338 e. The van der Waals surface area contributed by atoms with Crippen LogP contribution in [-0.2, 0) is 13.6 Å². The van der Waals surface area contributed by atoms with Crippen LogP contribution in [0.4, 0.5) is 0 Å². The van der Waals surface area contributed by atoms with Crippen LogP contribution in [0, 0.1) is 0 Å². The Bertz CT molecular complexity index is 664. The van der Waals surface area contributed by atoms with Gasteiger partial charge in [0.05, 0.1) is 12.1 Å². The van der Waals surface area contributed by atoms with E-state index in [0.717, 1.165) is 49.7 Å². The van der Waals surface area contributed by atoms with Crippen LogP contribution >= 0.6 is 11.3 Å². The zero-order chi connectivity index (χ0) is 16.4. The van der Waals surface area contributed by atoms with E-state index < -0.39 is 0 Å². The van der Waals surface area contributed by atoms with E-state index in [-0.39, 0.29) is 11.8 Å². The van der Waals surface area contributed by atoms with Crippen LogP contribution in [0.15, 0.2) is 16.8 Å². The molecule has 1 saturated heterocycles. The molecule has 3 rings (SSSR count). The van der Waals surface area contributed by atoms with Crippen LogP contribution in [-0.4, -0.2) is 57.7 Å². The second-order valence-electron chi connectivity index (χ2n) is 6.37. The highest BCUT2D eigenvalue weighted by Gasteiger charge is 2.29. The molecule has 0 aromatic carbocycles. The molecular formula is C16H23N5OS. The van der Waals surface area contributed by atoms with Crippen LogP contribution < -0.4 is 0 Å². The van der Waals surface area contributed by atoms with Gasteiger partial charge in [-0.3, -0.25) is 4.79 Å². The maximum absolute atomic E-state index is 12.6. The van der Waals surface area contributed by atoms with Gasteiger partial charge >= 0.3 is 0 Å². The number of carbonyl (C=O) groups is 1. The summed E-state index contributed by atoms with van der Waals surface area (Å²) in [5, 5.41) is 12.6. The number of likely N-dealkylation sites (tertiary alicyclic amines) is 1. The SMILES string of the molecule is CN(C)Cc1nnc([C@H]2CCCN(C(=O)c3ccsc3)C2)n1C. The van der Waals surface area contributed by atoms with Gasteiger partial charge in [-0.15, -0.1) is 10.2 Å². The smallest absolute Gasteiger partial charge is 0.254 e. The van der Waals surface area contributed by atoms with Gasteiger partial charge in [-0.1, -0.05) is 0 Å². The van der Waals surface area contributed by atoms with Gasteiger partial charge in [-0.05, 0) is 38.4 Å². The Kier molecular flexibility index (Phi) is 4.77. The molecule has 1 fully saturated rings. The van der Waals surface area contributed by atoms with Crippen molar-refractivity contribution in [3.8, 4) is 0 Å². The maximum atomic E-state index is 12.6. The summed E-state index contributed by atoms with van der Waals surface area (Å²) in [6.45, 7) is 2.32. The molecule has 7 heteroatoms. The molecule has 23 heavy (non-hydrogen) atoms. The summed E-state index contributed by atoms with van der Waals surface area (Å²) < 4.78 is 2.09. The lowest BCUT2D eigenvalue weighted by molar-refractivity contribution is 0.0704. The Labute approximate surface area is 140 Å². The number of thiophene rings is 1. The molecule has 2 aromatic rings. The molecule has 1 atom stereocenters. The van der Waals surface area contributed by atoms with E-state index in [9.17, 15) is 4.79 Å². The van der Waals surface area contributed by atoms with Crippen molar-refractivity contribution in [2.75, 3.05) is 27.2 Å². The second-order valence-corrected chi connectivity index (χ2v) is 7.15. The van der Waals surface area contributed by atoms with E-state index >= 15 is 0 Å². The molecule has 1 aliphatic rings. The molecule has 6 nitrogen and oxygen atoms in total. The van der Waals surface area contributed by atoms with Crippen molar-refractivity contribution in [3.63, 3.8) is 0 Å². The summed E-state index contributed by atoms with van der Waals surface area (Å²) in [5.41, 5.74) is 0.793. The van der Waals surface area contributed by atoms with Gasteiger partial charge in [-0.25, -0.2) is 0 Å². The lowest BCUT2D eigenvalue weighted by Crippen LogP contribution is -2.39. The summed E-state index contributed by atoms with van der Waals surface area (Å²) in [7, 11) is 6.07. The fourth-order valence-corrected chi connectivity index (χ4v) is 3.72. The van der Waals surface area contributed by atoms with E-state index in [1.54, 1.807) is 11.3 Å². The van der Waals surface area contributed by atoms with Crippen LogP contribution in [0.25, 0.3) is 0 Å². The van der Waals surface area contributed by atoms with E-state index in [1.807, 2.05) is 42.9 Å². The Morgan fingerprint density at radius 2 is 2.26 bits per heavy atom. The van der Waals surface area contributed by atoms with Gasteiger partial charge in [0, 0.05) is 31.4 Å². The lowest BCUT2D eigenvalue weighted by atomic mass is 9.96. The first-order valence-corrected chi connectivity index (χ1v) is 8.85. The molecule has 0 bridgehead atoms. The topological polar surface area (TPSA) is 54.3 Å². The predicted octanol–water partition coefficient (Wildman–Crippen LogP) is 1.96. The van der Waals surface area contributed by atoms with E-state index in [2.05, 4.69) is 19.7 Å². The molecule has 1 amide bonds. The minimum Gasteiger partial charge on any atom is -0.338 e. The minimum atomic E-state index is 0.131. The molecule has 0 unspecified atom stereocenters. The molecule has 0 radical (unpaired) electrons. The highest BCUT2D eigenvalue weighted by atomic mass is 32.1. The molecule has 3 heterocycles. The number of aromatic nitrogens is 3. The van der Waals surface area contributed by atoms with Crippen molar-refractivity contribution in [2.45, 2.75) is 25.3 Å². The average Bonchev–Trinajstić information content (AvgIpc) is 3.17. The molecule has 0 aliphatic carbocycles. The van der Waals surface area contributed by atoms with E-state index in [4.69, 9.17) is 0 Å². The van der Waals surface area contributed by atoms with Gasteiger partial charge in [0.2, 0.25) is 0 Å². The monoisotopic (exact) mass is 333 g/mol. The third-order valence-corrected chi connectivity index (χ3v) is 4.98. The number of hydrogen-bond donors (Lipinski definition) is 0. The first kappa shape index (κ1) is 16.1. The molecule has 0 N–H and O–H groups in total. The third-order valence-electron chi connectivity index (χ3n) is 4.30. The number of rotatable bonds is 4. The average molecular weight is 333 g/mol. The predicted molar refractivity (Wildman–Crippen MR) is 90.6 cm³/mol. The summed E-state index contributed by atoms with van der Waals surface area (Å²) in [4.78, 5) is 16.6. The number of nitrogens with zero attached hydrogens (tertiary/aromatic N) is 5. The number of amides is 1. The summed E-state index contributed by atoms with van der Waals surface area (Å²) >= 11 is 1.56. The van der Waals surface area contributed by atoms with E-state index in [0.29, 0.717) is 0 Å². The van der Waals surface area contributed by atoms with Gasteiger partial charge < -0.3 is 14.4 Å². The summed E-state index contributed by atoms with van der Waals surface area (Å²) in [6.07, 6.45) is 2.07. The zero-order valence-electron chi connectivity index (χ0n) is 13.9. The zero-order valence-corrected chi connectivity index (χ0v) is 14.7. The quantitative estimate of drug-likeness (QED) is 0.858. The minimum absolute atomic E-state index is 0.131. The van der Waals surface area contributed by atoms with Gasteiger partial charge in [0.25, 0.3) is 5.91 Å². The van der Waals surface area contributed by atoms with Crippen LogP contribution in [0.5, 0.6) is 0 Å². The normalized spacial score (nSPS) is 18.6. The highest BCUT2D eigenvalue weighted by molar-refractivity contribution is 7.08. The molecular weight excluding hydrogens is 310 g/mol. The Morgan fingerprint density at radius 1 is 1.43 bits per heavy atom. The van der Waals surface area contributed by atoms with Crippen molar-refractivity contribution in [2.24, 2.45) is 7.05 Å².